The molecule has 4 heteroatoms. The molecule has 0 saturated carbocycles. The van der Waals surface area contributed by atoms with Crippen molar-refractivity contribution in [1.82, 2.24) is 0 Å². The van der Waals surface area contributed by atoms with Gasteiger partial charge in [0.2, 0.25) is 0 Å². The second-order valence-corrected chi connectivity index (χ2v) is 5.31. The van der Waals surface area contributed by atoms with Crippen LogP contribution in [0.25, 0.3) is 0 Å². The molecule has 0 aliphatic carbocycles. The van der Waals surface area contributed by atoms with Crippen molar-refractivity contribution in [2.75, 3.05) is 5.32 Å². The fourth-order valence-electron chi connectivity index (χ4n) is 1.78. The average Bonchev–Trinajstić information content (AvgIpc) is 2.35. The van der Waals surface area contributed by atoms with Gasteiger partial charge in [0.1, 0.15) is 6.04 Å². The molecular formula is C14H20BrNO2. The van der Waals surface area contributed by atoms with Gasteiger partial charge >= 0.3 is 5.97 Å². The van der Waals surface area contributed by atoms with E-state index in [-0.39, 0.29) is 0 Å². The number of nitrogens with one attached hydrogen (secondary N) is 1. The monoisotopic (exact) mass is 313 g/mol. The first-order valence-corrected chi connectivity index (χ1v) is 7.17. The molecule has 0 bridgehead atoms. The molecule has 1 aromatic carbocycles. The predicted octanol–water partition coefficient (Wildman–Crippen LogP) is 4.28. The van der Waals surface area contributed by atoms with E-state index in [0.29, 0.717) is 6.42 Å². The van der Waals surface area contributed by atoms with Crippen LogP contribution in [0.5, 0.6) is 0 Å². The molecular weight excluding hydrogens is 294 g/mol. The fraction of sp³-hybridized carbons (Fsp3) is 0.500. The Morgan fingerprint density at radius 3 is 2.50 bits per heavy atom. The molecule has 100 valence electrons. The lowest BCUT2D eigenvalue weighted by Crippen LogP contribution is -2.29. The van der Waals surface area contributed by atoms with Gasteiger partial charge < -0.3 is 10.4 Å². The predicted molar refractivity (Wildman–Crippen MR) is 77.9 cm³/mol. The van der Waals surface area contributed by atoms with Gasteiger partial charge in [-0.1, -0.05) is 48.5 Å². The Morgan fingerprint density at radius 1 is 1.28 bits per heavy atom. The Hall–Kier alpha value is -1.03. The lowest BCUT2D eigenvalue weighted by atomic mass is 10.1. The number of carboxylic acid groups (broad SMARTS) is 1. The molecule has 0 saturated heterocycles. The maximum atomic E-state index is 11.2. The van der Waals surface area contributed by atoms with Crippen molar-refractivity contribution in [2.24, 2.45) is 0 Å². The van der Waals surface area contributed by atoms with Gasteiger partial charge in [-0.15, -0.1) is 0 Å². The molecule has 0 fully saturated rings. The van der Waals surface area contributed by atoms with E-state index in [1.807, 2.05) is 24.3 Å². The molecule has 0 radical (unpaired) electrons. The summed E-state index contributed by atoms with van der Waals surface area (Å²) in [6.45, 7) is 2.15. The van der Waals surface area contributed by atoms with Crippen LogP contribution in [0.1, 0.15) is 39.0 Å². The topological polar surface area (TPSA) is 49.3 Å². The van der Waals surface area contributed by atoms with Crippen LogP contribution in [0.2, 0.25) is 0 Å². The highest BCUT2D eigenvalue weighted by atomic mass is 79.9. The van der Waals surface area contributed by atoms with Gasteiger partial charge in [0.15, 0.2) is 0 Å². The van der Waals surface area contributed by atoms with Crippen LogP contribution >= 0.6 is 15.9 Å². The van der Waals surface area contributed by atoms with Gasteiger partial charge in [0.05, 0.1) is 0 Å². The van der Waals surface area contributed by atoms with Crippen molar-refractivity contribution < 1.29 is 9.90 Å². The second-order valence-electron chi connectivity index (χ2n) is 4.39. The minimum absolute atomic E-state index is 0.497. The van der Waals surface area contributed by atoms with Crippen LogP contribution in [0.3, 0.4) is 0 Å². The first-order valence-electron chi connectivity index (χ1n) is 6.38. The molecule has 0 amide bonds. The highest BCUT2D eigenvalue weighted by Crippen LogP contribution is 2.16. The van der Waals surface area contributed by atoms with Gasteiger partial charge in [0.25, 0.3) is 0 Å². The molecule has 1 atom stereocenters. The summed E-state index contributed by atoms with van der Waals surface area (Å²) >= 11 is 3.36. The summed E-state index contributed by atoms with van der Waals surface area (Å²) in [5.74, 6) is -0.783. The van der Waals surface area contributed by atoms with E-state index in [9.17, 15) is 9.90 Å². The summed E-state index contributed by atoms with van der Waals surface area (Å²) in [4.78, 5) is 11.2. The number of halogens is 1. The maximum absolute atomic E-state index is 11.2. The smallest absolute Gasteiger partial charge is 0.326 e. The normalized spacial score (nSPS) is 12.1. The van der Waals surface area contributed by atoms with Crippen molar-refractivity contribution in [3.05, 3.63) is 28.7 Å². The number of hydrogen-bond acceptors (Lipinski definition) is 2. The minimum atomic E-state index is -0.783. The third kappa shape index (κ3) is 5.54. The van der Waals surface area contributed by atoms with E-state index in [1.54, 1.807) is 0 Å². The molecule has 0 aromatic heterocycles. The molecule has 18 heavy (non-hydrogen) atoms. The van der Waals surface area contributed by atoms with Crippen LogP contribution in [-0.2, 0) is 4.79 Å². The molecule has 2 N–H and O–H groups in total. The highest BCUT2D eigenvalue weighted by molar-refractivity contribution is 9.10. The maximum Gasteiger partial charge on any atom is 0.326 e. The number of benzene rings is 1. The second kappa shape index (κ2) is 8.14. The molecule has 1 aromatic rings. The number of aliphatic carboxylic acids is 1. The van der Waals surface area contributed by atoms with Crippen molar-refractivity contribution in [2.45, 2.75) is 45.1 Å². The van der Waals surface area contributed by atoms with Gasteiger partial charge in [0, 0.05) is 10.2 Å². The van der Waals surface area contributed by atoms with Gasteiger partial charge in [-0.2, -0.15) is 0 Å². The Morgan fingerprint density at radius 2 is 1.94 bits per heavy atom. The summed E-state index contributed by atoms with van der Waals surface area (Å²) in [5, 5.41) is 12.2. The summed E-state index contributed by atoms with van der Waals surface area (Å²) in [6, 6.07) is 7.07. The van der Waals surface area contributed by atoms with Crippen molar-refractivity contribution in [3.63, 3.8) is 0 Å². The quantitative estimate of drug-likeness (QED) is 0.704. The Kier molecular flexibility index (Phi) is 6.80. The average molecular weight is 314 g/mol. The Balaban J connectivity index is 2.47. The third-order valence-corrected chi connectivity index (χ3v) is 3.36. The Labute approximate surface area is 117 Å². The van der Waals surface area contributed by atoms with E-state index in [1.165, 1.54) is 6.42 Å². The summed E-state index contributed by atoms with van der Waals surface area (Å²) < 4.78 is 0.989. The van der Waals surface area contributed by atoms with E-state index >= 15 is 0 Å². The molecule has 3 nitrogen and oxygen atoms in total. The van der Waals surface area contributed by atoms with Crippen molar-refractivity contribution in [3.8, 4) is 0 Å². The zero-order valence-corrected chi connectivity index (χ0v) is 12.2. The lowest BCUT2D eigenvalue weighted by molar-refractivity contribution is -0.138. The van der Waals surface area contributed by atoms with Gasteiger partial charge in [-0.25, -0.2) is 4.79 Å². The summed E-state index contributed by atoms with van der Waals surface area (Å²) in [6.07, 6.45) is 5.06. The Bertz CT molecular complexity index is 365. The minimum Gasteiger partial charge on any atom is -0.480 e. The van der Waals surface area contributed by atoms with Crippen LogP contribution in [0, 0.1) is 0 Å². The van der Waals surface area contributed by atoms with Crippen LogP contribution < -0.4 is 5.32 Å². The molecule has 0 aliphatic heterocycles. The number of unbranched alkanes of at least 4 members (excludes halogenated alkanes) is 3. The highest BCUT2D eigenvalue weighted by Gasteiger charge is 2.16. The standard InChI is InChI=1S/C14H20BrNO2/c1-2-3-4-5-6-13(14(17)18)16-12-9-7-11(15)8-10-12/h7-10,13,16H,2-6H2,1H3,(H,17,18). The zero-order chi connectivity index (χ0) is 13.4. The number of hydrogen-bond donors (Lipinski definition) is 2. The number of carboxylic acids is 1. The summed E-state index contributed by atoms with van der Waals surface area (Å²) in [7, 11) is 0. The molecule has 0 aliphatic rings. The van der Waals surface area contributed by atoms with E-state index in [4.69, 9.17) is 0 Å². The van der Waals surface area contributed by atoms with Crippen LogP contribution in [0.15, 0.2) is 28.7 Å². The van der Waals surface area contributed by atoms with E-state index in [0.717, 1.165) is 29.4 Å². The van der Waals surface area contributed by atoms with E-state index in [2.05, 4.69) is 28.2 Å². The first kappa shape index (κ1) is 15.0. The summed E-state index contributed by atoms with van der Waals surface area (Å²) in [5.41, 5.74) is 0.848. The zero-order valence-electron chi connectivity index (χ0n) is 10.7. The van der Waals surface area contributed by atoms with Crippen molar-refractivity contribution >= 4 is 27.6 Å². The SMILES string of the molecule is CCCCCCC(Nc1ccc(Br)cc1)C(=O)O. The third-order valence-electron chi connectivity index (χ3n) is 2.83. The molecule has 1 rings (SSSR count). The molecule has 0 heterocycles. The lowest BCUT2D eigenvalue weighted by Gasteiger charge is -2.15. The largest absolute Gasteiger partial charge is 0.480 e. The van der Waals surface area contributed by atoms with Crippen molar-refractivity contribution in [1.29, 1.82) is 0 Å². The van der Waals surface area contributed by atoms with Gasteiger partial charge in [-0.05, 0) is 30.7 Å². The molecule has 1 unspecified atom stereocenters. The number of rotatable bonds is 8. The molecule has 0 spiro atoms. The van der Waals surface area contributed by atoms with Crippen LogP contribution in [-0.4, -0.2) is 17.1 Å². The van der Waals surface area contributed by atoms with E-state index < -0.39 is 12.0 Å². The van der Waals surface area contributed by atoms with Gasteiger partial charge in [-0.3, -0.25) is 0 Å². The number of anilines is 1. The van der Waals surface area contributed by atoms with Crippen LogP contribution in [0.4, 0.5) is 5.69 Å². The fourth-order valence-corrected chi connectivity index (χ4v) is 2.04. The first-order chi connectivity index (χ1) is 8.63. The number of carbonyl (C=O) groups is 1.